The Morgan fingerprint density at radius 2 is 1.71 bits per heavy atom. The number of carboxylic acid groups (broad SMARTS) is 1. The molecular formula is C22H22N4O4S. The smallest absolute Gasteiger partial charge is 0.303 e. The maximum atomic E-state index is 12.7. The quantitative estimate of drug-likeness (QED) is 0.413. The molecule has 2 heterocycles. The summed E-state index contributed by atoms with van der Waals surface area (Å²) in [4.78, 5) is 43.2. The summed E-state index contributed by atoms with van der Waals surface area (Å²) in [6, 6.07) is 10.7. The lowest BCUT2D eigenvalue weighted by Crippen LogP contribution is -2.17. The minimum atomic E-state index is -0.774. The SMILES string of the molecule is NC(=O)c1nc(-c2ccncc2)sc1NC(=O)c1ccc(CCCCCC(=O)O)cc1. The van der Waals surface area contributed by atoms with Crippen molar-refractivity contribution in [1.82, 2.24) is 9.97 Å². The maximum absolute atomic E-state index is 12.7. The molecule has 0 spiro atoms. The van der Waals surface area contributed by atoms with Crippen molar-refractivity contribution in [3.8, 4) is 10.6 Å². The lowest BCUT2D eigenvalue weighted by molar-refractivity contribution is -0.137. The number of nitrogens with zero attached hydrogens (tertiary/aromatic N) is 2. The first-order chi connectivity index (χ1) is 14.9. The number of hydrogen-bond donors (Lipinski definition) is 3. The Bertz CT molecular complexity index is 1060. The number of thiazole rings is 1. The molecule has 0 radical (unpaired) electrons. The fourth-order valence-electron chi connectivity index (χ4n) is 2.97. The van der Waals surface area contributed by atoms with E-state index in [1.165, 1.54) is 11.3 Å². The minimum Gasteiger partial charge on any atom is -0.481 e. The van der Waals surface area contributed by atoms with E-state index in [4.69, 9.17) is 10.8 Å². The molecule has 3 aromatic rings. The van der Waals surface area contributed by atoms with Crippen molar-refractivity contribution >= 4 is 34.1 Å². The lowest BCUT2D eigenvalue weighted by Gasteiger charge is -2.06. The van der Waals surface area contributed by atoms with Gasteiger partial charge in [0.15, 0.2) is 5.69 Å². The average molecular weight is 439 g/mol. The highest BCUT2D eigenvalue weighted by molar-refractivity contribution is 7.19. The molecule has 2 amide bonds. The normalized spacial score (nSPS) is 10.6. The lowest BCUT2D eigenvalue weighted by atomic mass is 10.0. The van der Waals surface area contributed by atoms with Crippen LogP contribution < -0.4 is 11.1 Å². The second-order valence-corrected chi connectivity index (χ2v) is 7.90. The minimum absolute atomic E-state index is 0.0168. The molecule has 0 unspecified atom stereocenters. The number of pyridine rings is 1. The van der Waals surface area contributed by atoms with Crippen LogP contribution in [0.5, 0.6) is 0 Å². The second kappa shape index (κ2) is 10.4. The Morgan fingerprint density at radius 1 is 1.00 bits per heavy atom. The Morgan fingerprint density at radius 3 is 2.35 bits per heavy atom. The molecule has 1 aromatic carbocycles. The van der Waals surface area contributed by atoms with Crippen LogP contribution in [-0.4, -0.2) is 32.9 Å². The molecule has 0 aliphatic heterocycles. The first kappa shape index (κ1) is 22.1. The number of rotatable bonds is 10. The average Bonchev–Trinajstić information content (AvgIpc) is 3.18. The monoisotopic (exact) mass is 438 g/mol. The number of benzene rings is 1. The van der Waals surface area contributed by atoms with Crippen LogP contribution in [0, 0.1) is 0 Å². The molecule has 0 atom stereocenters. The van der Waals surface area contributed by atoms with Crippen molar-refractivity contribution in [2.45, 2.75) is 32.1 Å². The molecule has 8 nitrogen and oxygen atoms in total. The summed E-state index contributed by atoms with van der Waals surface area (Å²) in [7, 11) is 0. The van der Waals surface area contributed by atoms with Crippen molar-refractivity contribution in [2.24, 2.45) is 5.73 Å². The third-order valence-electron chi connectivity index (χ3n) is 4.59. The van der Waals surface area contributed by atoms with E-state index in [-0.39, 0.29) is 18.0 Å². The van der Waals surface area contributed by atoms with Crippen molar-refractivity contribution in [1.29, 1.82) is 0 Å². The van der Waals surface area contributed by atoms with Crippen LogP contribution in [0.2, 0.25) is 0 Å². The van der Waals surface area contributed by atoms with E-state index in [2.05, 4.69) is 15.3 Å². The molecule has 4 N–H and O–H groups in total. The van der Waals surface area contributed by atoms with Gasteiger partial charge in [0.1, 0.15) is 10.0 Å². The van der Waals surface area contributed by atoms with Gasteiger partial charge in [-0.1, -0.05) is 29.9 Å². The van der Waals surface area contributed by atoms with Crippen LogP contribution in [0.25, 0.3) is 10.6 Å². The summed E-state index contributed by atoms with van der Waals surface area (Å²) in [5.74, 6) is -1.85. The van der Waals surface area contributed by atoms with Crippen LogP contribution in [0.15, 0.2) is 48.8 Å². The van der Waals surface area contributed by atoms with E-state index < -0.39 is 11.9 Å². The number of primary amides is 1. The standard InChI is InChI=1S/C22H22N4O4S/c23-19(29)18-22(31-21(25-18)16-10-12-24-13-11-16)26-20(30)15-8-6-14(7-9-15)4-2-1-3-5-17(27)28/h6-13H,1-5H2,(H2,23,29)(H,26,30)(H,27,28). The van der Waals surface area contributed by atoms with Gasteiger partial charge in [-0.15, -0.1) is 0 Å². The number of aliphatic carboxylic acids is 1. The molecule has 160 valence electrons. The number of unbranched alkanes of at least 4 members (excludes halogenated alkanes) is 2. The van der Waals surface area contributed by atoms with Crippen LogP contribution in [-0.2, 0) is 11.2 Å². The van der Waals surface area contributed by atoms with Gasteiger partial charge in [-0.3, -0.25) is 19.4 Å². The maximum Gasteiger partial charge on any atom is 0.303 e. The van der Waals surface area contributed by atoms with E-state index in [0.29, 0.717) is 22.0 Å². The third-order valence-corrected chi connectivity index (χ3v) is 5.61. The van der Waals surface area contributed by atoms with Gasteiger partial charge in [-0.25, -0.2) is 4.98 Å². The van der Waals surface area contributed by atoms with Gasteiger partial charge in [0, 0.05) is 29.9 Å². The zero-order valence-corrected chi connectivity index (χ0v) is 17.5. The summed E-state index contributed by atoms with van der Waals surface area (Å²) in [5.41, 5.74) is 7.74. The highest BCUT2D eigenvalue weighted by Crippen LogP contribution is 2.32. The van der Waals surface area contributed by atoms with Gasteiger partial charge in [0.05, 0.1) is 0 Å². The van der Waals surface area contributed by atoms with Crippen LogP contribution in [0.3, 0.4) is 0 Å². The summed E-state index contributed by atoms with van der Waals surface area (Å²) < 4.78 is 0. The number of amides is 2. The molecule has 9 heteroatoms. The van der Waals surface area contributed by atoms with Gasteiger partial charge in [0.2, 0.25) is 0 Å². The highest BCUT2D eigenvalue weighted by Gasteiger charge is 2.19. The van der Waals surface area contributed by atoms with Crippen molar-refractivity contribution in [3.05, 3.63) is 65.6 Å². The molecule has 3 rings (SSSR count). The topological polar surface area (TPSA) is 135 Å². The summed E-state index contributed by atoms with van der Waals surface area (Å²) in [6.07, 6.45) is 6.63. The first-order valence-electron chi connectivity index (χ1n) is 9.77. The predicted molar refractivity (Wildman–Crippen MR) is 118 cm³/mol. The Balaban J connectivity index is 1.64. The number of nitrogens with two attached hydrogens (primary N) is 1. The Labute approximate surface area is 183 Å². The summed E-state index contributed by atoms with van der Waals surface area (Å²) in [6.45, 7) is 0. The Kier molecular flexibility index (Phi) is 7.45. The number of aryl methyl sites for hydroxylation is 1. The van der Waals surface area contributed by atoms with E-state index in [9.17, 15) is 14.4 Å². The number of carbonyl (C=O) groups is 3. The van der Waals surface area contributed by atoms with Crippen LogP contribution in [0.4, 0.5) is 5.00 Å². The van der Waals surface area contributed by atoms with Gasteiger partial charge < -0.3 is 16.2 Å². The predicted octanol–water partition coefficient (Wildman–Crippen LogP) is 3.74. The van der Waals surface area contributed by atoms with Crippen molar-refractivity contribution < 1.29 is 19.5 Å². The molecule has 0 aliphatic carbocycles. The molecule has 0 bridgehead atoms. The number of nitrogens with one attached hydrogen (secondary N) is 1. The molecule has 0 fully saturated rings. The molecule has 2 aromatic heterocycles. The van der Waals surface area contributed by atoms with E-state index in [1.807, 2.05) is 12.1 Å². The Hall–Kier alpha value is -3.59. The summed E-state index contributed by atoms with van der Waals surface area (Å²) in [5, 5.41) is 12.2. The van der Waals surface area contributed by atoms with Gasteiger partial charge in [0.25, 0.3) is 11.8 Å². The number of hydrogen-bond acceptors (Lipinski definition) is 6. The molecule has 0 saturated heterocycles. The van der Waals surface area contributed by atoms with E-state index >= 15 is 0 Å². The molecule has 0 aliphatic rings. The number of anilines is 1. The van der Waals surface area contributed by atoms with Crippen molar-refractivity contribution in [3.63, 3.8) is 0 Å². The van der Waals surface area contributed by atoms with Gasteiger partial charge >= 0.3 is 5.97 Å². The van der Waals surface area contributed by atoms with Gasteiger partial charge in [-0.05, 0) is 49.1 Å². The van der Waals surface area contributed by atoms with E-state index in [1.54, 1.807) is 36.7 Å². The zero-order chi connectivity index (χ0) is 22.2. The molecule has 31 heavy (non-hydrogen) atoms. The third kappa shape index (κ3) is 6.19. The fourth-order valence-corrected chi connectivity index (χ4v) is 3.94. The highest BCUT2D eigenvalue weighted by atomic mass is 32.1. The van der Waals surface area contributed by atoms with E-state index in [0.717, 1.165) is 30.4 Å². The number of aromatic nitrogens is 2. The second-order valence-electron chi connectivity index (χ2n) is 6.90. The summed E-state index contributed by atoms with van der Waals surface area (Å²) >= 11 is 1.17. The number of carbonyl (C=O) groups excluding carboxylic acids is 2. The molecular weight excluding hydrogens is 416 g/mol. The first-order valence-corrected chi connectivity index (χ1v) is 10.6. The molecule has 0 saturated carbocycles. The van der Waals surface area contributed by atoms with Crippen LogP contribution in [0.1, 0.15) is 52.1 Å². The largest absolute Gasteiger partial charge is 0.481 e. The van der Waals surface area contributed by atoms with Gasteiger partial charge in [-0.2, -0.15) is 0 Å². The van der Waals surface area contributed by atoms with Crippen LogP contribution >= 0.6 is 11.3 Å². The van der Waals surface area contributed by atoms with Crippen molar-refractivity contribution in [2.75, 3.05) is 5.32 Å². The zero-order valence-electron chi connectivity index (χ0n) is 16.7. The number of carboxylic acids is 1. The fraction of sp³-hybridized carbons (Fsp3) is 0.227.